The van der Waals surface area contributed by atoms with Crippen LogP contribution in [0.4, 0.5) is 24.5 Å². The first kappa shape index (κ1) is 23.2. The van der Waals surface area contributed by atoms with Crippen LogP contribution in [0.25, 0.3) is 0 Å². The predicted octanol–water partition coefficient (Wildman–Crippen LogP) is 4.25. The molecule has 0 saturated heterocycles. The van der Waals surface area contributed by atoms with Crippen molar-refractivity contribution in [1.82, 2.24) is 0 Å². The van der Waals surface area contributed by atoms with E-state index in [2.05, 4.69) is 10.0 Å². The molecule has 1 heterocycles. The Bertz CT molecular complexity index is 1310. The molecule has 0 spiro atoms. The van der Waals surface area contributed by atoms with Crippen LogP contribution < -0.4 is 24.2 Å². The van der Waals surface area contributed by atoms with Gasteiger partial charge in [0.15, 0.2) is 18.1 Å². The van der Waals surface area contributed by atoms with Crippen molar-refractivity contribution in [3.8, 4) is 17.2 Å². The minimum absolute atomic E-state index is 0.108. The van der Waals surface area contributed by atoms with Gasteiger partial charge in [0.1, 0.15) is 5.75 Å². The molecule has 0 unspecified atom stereocenters. The maximum Gasteiger partial charge on any atom is 0.416 e. The molecule has 3 aromatic rings. The monoisotopic (exact) mass is 494 g/mol. The molecule has 1 aliphatic rings. The lowest BCUT2D eigenvalue weighted by molar-refractivity contribution is -0.137. The van der Waals surface area contributed by atoms with E-state index in [9.17, 15) is 26.4 Å². The largest absolute Gasteiger partial charge is 0.484 e. The van der Waals surface area contributed by atoms with E-state index in [-0.39, 0.29) is 29.7 Å². The van der Waals surface area contributed by atoms with Crippen LogP contribution in [0.3, 0.4) is 0 Å². The van der Waals surface area contributed by atoms with Gasteiger partial charge in [-0.1, -0.05) is 6.07 Å². The van der Waals surface area contributed by atoms with Gasteiger partial charge in [0, 0.05) is 17.4 Å². The fraction of sp³-hybridized carbons (Fsp3) is 0.136. The van der Waals surface area contributed by atoms with Crippen LogP contribution in [-0.2, 0) is 21.0 Å². The van der Waals surface area contributed by atoms with Crippen molar-refractivity contribution >= 4 is 27.3 Å². The van der Waals surface area contributed by atoms with Gasteiger partial charge >= 0.3 is 6.18 Å². The predicted molar refractivity (Wildman–Crippen MR) is 115 cm³/mol. The third-order valence-corrected chi connectivity index (χ3v) is 6.00. The Labute approximate surface area is 192 Å². The van der Waals surface area contributed by atoms with Crippen molar-refractivity contribution in [2.45, 2.75) is 11.1 Å². The number of fused-ring (bicyclic) bond motifs is 1. The highest BCUT2D eigenvalue weighted by Crippen LogP contribution is 2.34. The molecule has 3 aromatic carbocycles. The summed E-state index contributed by atoms with van der Waals surface area (Å²) >= 11 is 0. The lowest BCUT2D eigenvalue weighted by Gasteiger charge is -2.12. The first-order chi connectivity index (χ1) is 16.1. The van der Waals surface area contributed by atoms with Gasteiger partial charge in [-0.25, -0.2) is 8.42 Å². The van der Waals surface area contributed by atoms with Crippen molar-refractivity contribution < 1.29 is 40.6 Å². The molecule has 1 amide bonds. The van der Waals surface area contributed by atoms with E-state index < -0.39 is 27.7 Å². The Morgan fingerprint density at radius 2 is 1.68 bits per heavy atom. The summed E-state index contributed by atoms with van der Waals surface area (Å²) in [4.78, 5) is 11.9. The van der Waals surface area contributed by atoms with Gasteiger partial charge in [-0.05, 0) is 54.6 Å². The molecular formula is C22H17F3N2O6S. The number of nitrogens with one attached hydrogen (secondary N) is 2. The summed E-state index contributed by atoms with van der Waals surface area (Å²) in [5.41, 5.74) is -0.717. The van der Waals surface area contributed by atoms with Gasteiger partial charge in [-0.3, -0.25) is 9.52 Å². The minimum atomic E-state index is -4.60. The highest BCUT2D eigenvalue weighted by Gasteiger charge is 2.30. The minimum Gasteiger partial charge on any atom is -0.484 e. The second kappa shape index (κ2) is 9.14. The highest BCUT2D eigenvalue weighted by molar-refractivity contribution is 7.92. The van der Waals surface area contributed by atoms with Crippen molar-refractivity contribution in [1.29, 1.82) is 0 Å². The lowest BCUT2D eigenvalue weighted by Crippen LogP contribution is -2.20. The van der Waals surface area contributed by atoms with Crippen molar-refractivity contribution in [2.24, 2.45) is 0 Å². The highest BCUT2D eigenvalue weighted by atomic mass is 32.2. The number of benzene rings is 3. The van der Waals surface area contributed by atoms with Gasteiger partial charge < -0.3 is 19.5 Å². The van der Waals surface area contributed by atoms with Gasteiger partial charge in [-0.2, -0.15) is 13.2 Å². The second-order valence-electron chi connectivity index (χ2n) is 7.06. The number of halogens is 3. The Hall–Kier alpha value is -3.93. The molecular weight excluding hydrogens is 477 g/mol. The first-order valence-electron chi connectivity index (χ1n) is 9.73. The Balaban J connectivity index is 1.34. The second-order valence-corrected chi connectivity index (χ2v) is 8.74. The molecule has 0 aromatic heterocycles. The molecule has 0 aliphatic carbocycles. The maximum absolute atomic E-state index is 12.8. The number of carbonyl (C=O) groups excluding carboxylic acids is 1. The van der Waals surface area contributed by atoms with Crippen molar-refractivity contribution in [3.05, 3.63) is 72.3 Å². The topological polar surface area (TPSA) is 103 Å². The van der Waals surface area contributed by atoms with E-state index in [1.807, 2.05) is 0 Å². The molecule has 8 nitrogen and oxygen atoms in total. The van der Waals surface area contributed by atoms with Crippen LogP contribution in [0.15, 0.2) is 71.6 Å². The molecule has 0 saturated carbocycles. The van der Waals surface area contributed by atoms with Gasteiger partial charge in [0.05, 0.1) is 10.5 Å². The van der Waals surface area contributed by atoms with E-state index in [0.717, 1.165) is 12.1 Å². The van der Waals surface area contributed by atoms with E-state index in [1.165, 1.54) is 30.3 Å². The molecule has 0 bridgehead atoms. The summed E-state index contributed by atoms with van der Waals surface area (Å²) in [6.07, 6.45) is -4.60. The SMILES string of the molecule is O=C(COc1ccc(S(=O)(=O)Nc2cccc(C(F)(F)F)c2)cc1)Nc1ccc2c(c1)OCO2. The normalized spacial score (nSPS) is 12.8. The van der Waals surface area contributed by atoms with Crippen LogP contribution >= 0.6 is 0 Å². The standard InChI is InChI=1S/C22H17F3N2O6S/c23-22(24,25)14-2-1-3-16(10-14)27-34(29,30)18-7-5-17(6-8-18)31-12-21(28)26-15-4-9-19-20(11-15)33-13-32-19/h1-11,27H,12-13H2,(H,26,28). The average Bonchev–Trinajstić information content (AvgIpc) is 3.25. The smallest absolute Gasteiger partial charge is 0.416 e. The molecule has 4 rings (SSSR count). The Morgan fingerprint density at radius 3 is 2.41 bits per heavy atom. The number of hydrogen-bond donors (Lipinski definition) is 2. The molecule has 12 heteroatoms. The average molecular weight is 494 g/mol. The summed E-state index contributed by atoms with van der Waals surface area (Å²) in [6, 6.07) is 13.8. The van der Waals surface area contributed by atoms with Gasteiger partial charge in [0.25, 0.3) is 15.9 Å². The van der Waals surface area contributed by atoms with Crippen LogP contribution in [0.5, 0.6) is 17.2 Å². The fourth-order valence-corrected chi connectivity index (χ4v) is 4.06. The molecule has 2 N–H and O–H groups in total. The Kier molecular flexibility index (Phi) is 6.24. The molecule has 0 radical (unpaired) electrons. The summed E-state index contributed by atoms with van der Waals surface area (Å²) in [5, 5.41) is 2.63. The van der Waals surface area contributed by atoms with Crippen molar-refractivity contribution in [3.63, 3.8) is 0 Å². The number of rotatable bonds is 7. The number of amides is 1. The van der Waals surface area contributed by atoms with Crippen LogP contribution in [0, 0.1) is 0 Å². The van der Waals surface area contributed by atoms with E-state index in [0.29, 0.717) is 23.3 Å². The van der Waals surface area contributed by atoms with Crippen LogP contribution in [-0.4, -0.2) is 27.7 Å². The number of alkyl halides is 3. The number of sulfonamides is 1. The van der Waals surface area contributed by atoms with Gasteiger partial charge in [-0.15, -0.1) is 0 Å². The van der Waals surface area contributed by atoms with Crippen molar-refractivity contribution in [2.75, 3.05) is 23.4 Å². The summed E-state index contributed by atoms with van der Waals surface area (Å²) in [7, 11) is -4.14. The molecule has 0 atom stereocenters. The fourth-order valence-electron chi connectivity index (χ4n) is 3.01. The molecule has 178 valence electrons. The quantitative estimate of drug-likeness (QED) is 0.509. The van der Waals surface area contributed by atoms with E-state index in [1.54, 1.807) is 18.2 Å². The summed E-state index contributed by atoms with van der Waals surface area (Å²) in [6.45, 7) is -0.236. The third kappa shape index (κ3) is 5.52. The molecule has 34 heavy (non-hydrogen) atoms. The number of anilines is 2. The summed E-state index contributed by atoms with van der Waals surface area (Å²) in [5.74, 6) is 0.849. The number of hydrogen-bond acceptors (Lipinski definition) is 6. The zero-order valence-corrected chi connectivity index (χ0v) is 18.1. The number of carbonyl (C=O) groups is 1. The zero-order chi connectivity index (χ0) is 24.3. The van der Waals surface area contributed by atoms with Crippen LogP contribution in [0.1, 0.15) is 5.56 Å². The molecule has 1 aliphatic heterocycles. The number of ether oxygens (including phenoxy) is 3. The van der Waals surface area contributed by atoms with E-state index in [4.69, 9.17) is 14.2 Å². The third-order valence-electron chi connectivity index (χ3n) is 4.60. The lowest BCUT2D eigenvalue weighted by atomic mass is 10.2. The Morgan fingerprint density at radius 1 is 0.941 bits per heavy atom. The zero-order valence-electron chi connectivity index (χ0n) is 17.3. The maximum atomic E-state index is 12.8. The molecule has 0 fully saturated rings. The van der Waals surface area contributed by atoms with Gasteiger partial charge in [0.2, 0.25) is 6.79 Å². The van der Waals surface area contributed by atoms with E-state index >= 15 is 0 Å². The first-order valence-corrected chi connectivity index (χ1v) is 11.2. The summed E-state index contributed by atoms with van der Waals surface area (Å²) < 4.78 is 81.4. The van der Waals surface area contributed by atoms with Crippen LogP contribution in [0.2, 0.25) is 0 Å².